The van der Waals surface area contributed by atoms with E-state index in [1.807, 2.05) is 12.1 Å². The van der Waals surface area contributed by atoms with E-state index < -0.39 is 6.03 Å². The molecule has 1 saturated heterocycles. The average Bonchev–Trinajstić information content (AvgIpc) is 3.59. The molecule has 2 aromatic heterocycles. The van der Waals surface area contributed by atoms with Crippen molar-refractivity contribution >= 4 is 34.3 Å². The van der Waals surface area contributed by atoms with Crippen molar-refractivity contribution in [1.29, 1.82) is 5.26 Å². The van der Waals surface area contributed by atoms with Crippen molar-refractivity contribution in [2.24, 2.45) is 5.10 Å². The number of rotatable bonds is 6. The van der Waals surface area contributed by atoms with Gasteiger partial charge in [0.15, 0.2) is 5.82 Å². The first-order valence-electron chi connectivity index (χ1n) is 11.4. The lowest BCUT2D eigenvalue weighted by molar-refractivity contribution is 0.123. The van der Waals surface area contributed by atoms with E-state index in [9.17, 15) is 15.2 Å². The number of urea groups is 1. The number of ether oxygens (including phenoxy) is 1. The number of phenolic OH excluding ortho intramolecular Hbond substituents is 1. The number of benzene rings is 2. The fourth-order valence-corrected chi connectivity index (χ4v) is 5.15. The molecule has 3 heterocycles. The lowest BCUT2D eigenvalue weighted by Gasteiger charge is -2.27. The minimum Gasteiger partial charge on any atom is -0.508 e. The molecule has 0 aliphatic carbocycles. The highest BCUT2D eigenvalue weighted by Gasteiger charge is 2.26. The van der Waals surface area contributed by atoms with E-state index in [1.54, 1.807) is 24.3 Å². The smallest absolute Gasteiger partial charge is 0.339 e. The van der Waals surface area contributed by atoms with Gasteiger partial charge in [0, 0.05) is 24.3 Å². The predicted molar refractivity (Wildman–Crippen MR) is 141 cm³/mol. The third-order valence-electron chi connectivity index (χ3n) is 5.63. The molecule has 4 aromatic rings. The van der Waals surface area contributed by atoms with E-state index in [4.69, 9.17) is 4.74 Å². The van der Waals surface area contributed by atoms with Gasteiger partial charge in [-0.15, -0.1) is 11.3 Å². The molecule has 2 aromatic carbocycles. The highest BCUT2D eigenvalue weighted by molar-refractivity contribution is 7.20. The molecule has 0 unspecified atom stereocenters. The zero-order valence-electron chi connectivity index (χ0n) is 19.5. The van der Waals surface area contributed by atoms with Gasteiger partial charge in [0.2, 0.25) is 0 Å². The number of aromatic amines is 1. The van der Waals surface area contributed by atoms with Crippen LogP contribution >= 0.6 is 11.3 Å². The first-order chi connectivity index (χ1) is 18.1. The summed E-state index contributed by atoms with van der Waals surface area (Å²) in [7, 11) is 0. The summed E-state index contributed by atoms with van der Waals surface area (Å²) in [6, 6.07) is 15.5. The number of anilines is 2. The van der Waals surface area contributed by atoms with E-state index in [2.05, 4.69) is 42.0 Å². The van der Waals surface area contributed by atoms with Gasteiger partial charge in [-0.25, -0.2) is 15.2 Å². The van der Waals surface area contributed by atoms with Gasteiger partial charge >= 0.3 is 6.03 Å². The number of amides is 2. The molecule has 1 aliphatic heterocycles. The van der Waals surface area contributed by atoms with Crippen LogP contribution in [-0.2, 0) is 4.74 Å². The van der Waals surface area contributed by atoms with Crippen molar-refractivity contribution in [2.75, 3.05) is 36.5 Å². The molecular formula is C25H22N8O3S. The van der Waals surface area contributed by atoms with Crippen molar-refractivity contribution in [2.45, 2.75) is 0 Å². The number of carbonyl (C=O) groups excluding carboxylic acids is 1. The van der Waals surface area contributed by atoms with Crippen LogP contribution in [-0.4, -0.2) is 58.8 Å². The number of aromatic hydroxyl groups is 1. The highest BCUT2D eigenvalue weighted by atomic mass is 32.1. The normalized spacial score (nSPS) is 13.4. The average molecular weight is 515 g/mol. The molecule has 186 valence electrons. The van der Waals surface area contributed by atoms with Gasteiger partial charge in [0.25, 0.3) is 0 Å². The van der Waals surface area contributed by atoms with Crippen LogP contribution in [0.2, 0.25) is 0 Å². The standard InChI is InChI=1S/C25H22N8O3S/c26-13-20-21(22(23-27-15-29-31-23)37-24(20)33-9-11-36-12-10-33)17-3-5-18(6-4-17)30-25(35)32-28-14-16-1-7-19(34)8-2-16/h1-8,14-15,34H,9-12H2,(H,27,29,31)(H2,30,32,35)/b28-14+. The first-order valence-corrected chi connectivity index (χ1v) is 12.2. The van der Waals surface area contributed by atoms with Gasteiger partial charge in [-0.3, -0.25) is 5.10 Å². The van der Waals surface area contributed by atoms with Crippen LogP contribution in [0, 0.1) is 11.3 Å². The van der Waals surface area contributed by atoms with E-state index >= 15 is 0 Å². The molecule has 37 heavy (non-hydrogen) atoms. The van der Waals surface area contributed by atoms with Crippen molar-refractivity contribution in [1.82, 2.24) is 20.6 Å². The Morgan fingerprint density at radius 1 is 1.19 bits per heavy atom. The summed E-state index contributed by atoms with van der Waals surface area (Å²) < 4.78 is 5.48. The molecule has 4 N–H and O–H groups in total. The largest absolute Gasteiger partial charge is 0.508 e. The molecule has 2 amide bonds. The van der Waals surface area contributed by atoms with Gasteiger partial charge < -0.3 is 20.1 Å². The Morgan fingerprint density at radius 2 is 1.95 bits per heavy atom. The van der Waals surface area contributed by atoms with Gasteiger partial charge in [0.1, 0.15) is 23.1 Å². The first kappa shape index (κ1) is 24.0. The van der Waals surface area contributed by atoms with Gasteiger partial charge in [-0.05, 0) is 47.5 Å². The van der Waals surface area contributed by atoms with Crippen molar-refractivity contribution in [3.63, 3.8) is 0 Å². The predicted octanol–water partition coefficient (Wildman–Crippen LogP) is 3.77. The van der Waals surface area contributed by atoms with E-state index in [0.717, 1.165) is 26.6 Å². The molecule has 11 nitrogen and oxygen atoms in total. The van der Waals surface area contributed by atoms with Crippen LogP contribution in [0.4, 0.5) is 15.5 Å². The van der Waals surface area contributed by atoms with Crippen LogP contribution in [0.5, 0.6) is 5.75 Å². The number of nitrogens with one attached hydrogen (secondary N) is 3. The van der Waals surface area contributed by atoms with Crippen LogP contribution in [0.15, 0.2) is 60.0 Å². The Hall–Kier alpha value is -4.73. The molecule has 0 radical (unpaired) electrons. The van der Waals surface area contributed by atoms with Gasteiger partial charge in [-0.2, -0.15) is 15.5 Å². The van der Waals surface area contributed by atoms with Gasteiger partial charge in [0.05, 0.1) is 29.9 Å². The van der Waals surface area contributed by atoms with Crippen LogP contribution in [0.25, 0.3) is 21.8 Å². The summed E-state index contributed by atoms with van der Waals surface area (Å²) in [5.74, 6) is 0.741. The lowest BCUT2D eigenvalue weighted by Crippen LogP contribution is -2.36. The minimum absolute atomic E-state index is 0.154. The number of morpholine rings is 1. The molecule has 0 spiro atoms. The number of hydrogen-bond acceptors (Lipinski definition) is 9. The lowest BCUT2D eigenvalue weighted by atomic mass is 10.0. The highest BCUT2D eigenvalue weighted by Crippen LogP contribution is 2.46. The van der Waals surface area contributed by atoms with Crippen LogP contribution in [0.3, 0.4) is 0 Å². The zero-order valence-corrected chi connectivity index (χ0v) is 20.3. The van der Waals surface area contributed by atoms with Gasteiger partial charge in [-0.1, -0.05) is 12.1 Å². The number of phenols is 1. The number of nitrogens with zero attached hydrogens (tertiary/aromatic N) is 5. The topological polar surface area (TPSA) is 152 Å². The van der Waals surface area contributed by atoms with Crippen LogP contribution in [0.1, 0.15) is 11.1 Å². The van der Waals surface area contributed by atoms with Crippen molar-refractivity contribution in [3.8, 4) is 33.6 Å². The Kier molecular flexibility index (Phi) is 7.07. The molecule has 1 aliphatic rings. The molecule has 0 saturated carbocycles. The van der Waals surface area contributed by atoms with Crippen molar-refractivity contribution in [3.05, 3.63) is 66.0 Å². The Bertz CT molecular complexity index is 1440. The number of aromatic nitrogens is 3. The maximum absolute atomic E-state index is 12.2. The second-order valence-corrected chi connectivity index (χ2v) is 9.02. The third kappa shape index (κ3) is 5.43. The van der Waals surface area contributed by atoms with E-state index in [0.29, 0.717) is 43.4 Å². The third-order valence-corrected chi connectivity index (χ3v) is 6.89. The fourth-order valence-electron chi connectivity index (χ4n) is 3.87. The van der Waals surface area contributed by atoms with Crippen LogP contribution < -0.4 is 15.6 Å². The summed E-state index contributed by atoms with van der Waals surface area (Å²) in [5, 5.41) is 33.8. The fraction of sp³-hybridized carbons (Fsp3) is 0.160. The summed E-state index contributed by atoms with van der Waals surface area (Å²) in [4.78, 5) is 19.5. The summed E-state index contributed by atoms with van der Waals surface area (Å²) in [5.41, 5.74) is 5.84. The second kappa shape index (κ2) is 10.9. The molecule has 5 rings (SSSR count). The monoisotopic (exact) mass is 514 g/mol. The summed E-state index contributed by atoms with van der Waals surface area (Å²) in [6.45, 7) is 2.63. The SMILES string of the molecule is N#Cc1c(N2CCOCC2)sc(-c2ncn[nH]2)c1-c1ccc(NC(=O)N/N=C/c2ccc(O)cc2)cc1. The molecular weight excluding hydrogens is 492 g/mol. The second-order valence-electron chi connectivity index (χ2n) is 8.02. The number of hydrazone groups is 1. The minimum atomic E-state index is -0.507. The Morgan fingerprint density at radius 3 is 2.62 bits per heavy atom. The van der Waals surface area contributed by atoms with Crippen molar-refractivity contribution < 1.29 is 14.6 Å². The molecule has 0 atom stereocenters. The summed E-state index contributed by atoms with van der Waals surface area (Å²) in [6.07, 6.45) is 2.91. The molecule has 0 bridgehead atoms. The number of thiophene rings is 1. The molecule has 1 fully saturated rings. The van der Waals surface area contributed by atoms with E-state index in [-0.39, 0.29) is 5.75 Å². The van der Waals surface area contributed by atoms with E-state index in [1.165, 1.54) is 36.0 Å². The Labute approximate surface area is 216 Å². The Balaban J connectivity index is 1.35. The number of carbonyl (C=O) groups is 1. The number of hydrogen-bond donors (Lipinski definition) is 4. The maximum Gasteiger partial charge on any atom is 0.339 e. The molecule has 12 heteroatoms. The number of H-pyrrole nitrogens is 1. The zero-order chi connectivity index (χ0) is 25.6. The number of nitriles is 1. The summed E-state index contributed by atoms with van der Waals surface area (Å²) >= 11 is 1.50. The quantitative estimate of drug-likeness (QED) is 0.226. The maximum atomic E-state index is 12.2.